The Bertz CT molecular complexity index is 394. The van der Waals surface area contributed by atoms with Crippen molar-refractivity contribution in [3.8, 4) is 6.07 Å². The molecule has 0 radical (unpaired) electrons. The van der Waals surface area contributed by atoms with E-state index in [1.165, 1.54) is 11.3 Å². The van der Waals surface area contributed by atoms with Crippen molar-refractivity contribution in [1.82, 2.24) is 4.90 Å². The van der Waals surface area contributed by atoms with Crippen LogP contribution in [0, 0.1) is 11.3 Å². The summed E-state index contributed by atoms with van der Waals surface area (Å²) in [6, 6.07) is 3.82. The Morgan fingerprint density at radius 1 is 1.73 bits per heavy atom. The van der Waals surface area contributed by atoms with Crippen molar-refractivity contribution in [1.29, 1.82) is 5.26 Å². The van der Waals surface area contributed by atoms with Crippen molar-refractivity contribution < 1.29 is 4.79 Å². The molecule has 0 aliphatic rings. The second-order valence-electron chi connectivity index (χ2n) is 3.32. The molecule has 1 rings (SSSR count). The summed E-state index contributed by atoms with van der Waals surface area (Å²) in [6.45, 7) is 3.93. The van der Waals surface area contributed by atoms with Crippen LogP contribution in [0.15, 0.2) is 15.2 Å². The van der Waals surface area contributed by atoms with Crippen molar-refractivity contribution in [3.63, 3.8) is 0 Å². The molecule has 0 aliphatic heterocycles. The number of halogens is 1. The molecule has 1 aromatic heterocycles. The molecule has 80 valence electrons. The number of nitriles is 1. The molecule has 3 nitrogen and oxygen atoms in total. The molecule has 0 unspecified atom stereocenters. The Balaban J connectivity index is 2.86. The van der Waals surface area contributed by atoms with E-state index in [0.717, 1.165) is 3.79 Å². The van der Waals surface area contributed by atoms with Crippen LogP contribution in [0.2, 0.25) is 0 Å². The predicted octanol–water partition coefficient (Wildman–Crippen LogP) is 2.88. The third-order valence-corrected chi connectivity index (χ3v) is 3.44. The molecule has 1 aromatic rings. The van der Waals surface area contributed by atoms with E-state index in [2.05, 4.69) is 15.9 Å². The van der Waals surface area contributed by atoms with E-state index in [4.69, 9.17) is 5.26 Å². The topological polar surface area (TPSA) is 44.1 Å². The number of carbonyl (C=O) groups excluding carboxylic acids is 1. The number of hydrogen-bond donors (Lipinski definition) is 0. The Labute approximate surface area is 101 Å². The van der Waals surface area contributed by atoms with Crippen molar-refractivity contribution in [2.24, 2.45) is 0 Å². The maximum atomic E-state index is 12.0. The van der Waals surface area contributed by atoms with Crippen LogP contribution in [0.1, 0.15) is 24.2 Å². The fraction of sp³-hybridized carbons (Fsp3) is 0.400. The van der Waals surface area contributed by atoms with Crippen molar-refractivity contribution in [2.75, 3.05) is 6.54 Å². The van der Waals surface area contributed by atoms with Gasteiger partial charge in [0.1, 0.15) is 6.54 Å². The summed E-state index contributed by atoms with van der Waals surface area (Å²) in [5.74, 6) is -0.0894. The second kappa shape index (κ2) is 5.29. The molecule has 15 heavy (non-hydrogen) atoms. The Hall–Kier alpha value is -0.860. The minimum absolute atomic E-state index is 0.0378. The number of amides is 1. The zero-order valence-electron chi connectivity index (χ0n) is 8.53. The van der Waals surface area contributed by atoms with E-state index in [0.29, 0.717) is 5.56 Å². The van der Waals surface area contributed by atoms with Crippen LogP contribution in [0.25, 0.3) is 0 Å². The van der Waals surface area contributed by atoms with Gasteiger partial charge < -0.3 is 4.90 Å². The highest BCUT2D eigenvalue weighted by atomic mass is 79.9. The molecule has 0 N–H and O–H groups in total. The Morgan fingerprint density at radius 2 is 2.40 bits per heavy atom. The van der Waals surface area contributed by atoms with Gasteiger partial charge in [0, 0.05) is 11.4 Å². The number of hydrogen-bond acceptors (Lipinski definition) is 3. The minimum Gasteiger partial charge on any atom is -0.323 e. The summed E-state index contributed by atoms with van der Waals surface area (Å²) >= 11 is 4.77. The molecule has 0 spiro atoms. The van der Waals surface area contributed by atoms with Gasteiger partial charge in [-0.25, -0.2) is 0 Å². The van der Waals surface area contributed by atoms with Crippen LogP contribution in [0.5, 0.6) is 0 Å². The first-order valence-corrected chi connectivity index (χ1v) is 6.15. The van der Waals surface area contributed by atoms with Gasteiger partial charge in [0.25, 0.3) is 5.91 Å². The molecular formula is C10H11BrN2OS. The van der Waals surface area contributed by atoms with Gasteiger partial charge in [-0.15, -0.1) is 11.3 Å². The maximum Gasteiger partial charge on any atom is 0.255 e. The predicted molar refractivity (Wildman–Crippen MR) is 63.8 cm³/mol. The van der Waals surface area contributed by atoms with Crippen LogP contribution in [-0.2, 0) is 0 Å². The molecule has 0 aromatic carbocycles. The molecule has 0 aliphatic carbocycles. The average Bonchev–Trinajstić information content (AvgIpc) is 2.59. The summed E-state index contributed by atoms with van der Waals surface area (Å²) in [4.78, 5) is 13.5. The highest BCUT2D eigenvalue weighted by Gasteiger charge is 2.19. The van der Waals surface area contributed by atoms with Crippen LogP contribution in [-0.4, -0.2) is 23.4 Å². The van der Waals surface area contributed by atoms with Gasteiger partial charge in [0.15, 0.2) is 0 Å². The fourth-order valence-corrected chi connectivity index (χ4v) is 2.28. The number of nitrogens with zero attached hydrogens (tertiary/aromatic N) is 2. The van der Waals surface area contributed by atoms with Crippen LogP contribution >= 0.6 is 27.3 Å². The Kier molecular flexibility index (Phi) is 4.30. The van der Waals surface area contributed by atoms with E-state index < -0.39 is 0 Å². The van der Waals surface area contributed by atoms with Gasteiger partial charge in [-0.05, 0) is 35.8 Å². The lowest BCUT2D eigenvalue weighted by Crippen LogP contribution is -2.36. The second-order valence-corrected chi connectivity index (χ2v) is 5.61. The monoisotopic (exact) mass is 286 g/mol. The quantitative estimate of drug-likeness (QED) is 0.802. The zero-order chi connectivity index (χ0) is 11.4. The van der Waals surface area contributed by atoms with Crippen LogP contribution in [0.3, 0.4) is 0 Å². The van der Waals surface area contributed by atoms with Gasteiger partial charge in [-0.3, -0.25) is 4.79 Å². The van der Waals surface area contributed by atoms with E-state index in [-0.39, 0.29) is 18.5 Å². The van der Waals surface area contributed by atoms with Crippen LogP contribution in [0.4, 0.5) is 0 Å². The molecule has 0 atom stereocenters. The largest absolute Gasteiger partial charge is 0.323 e. The highest BCUT2D eigenvalue weighted by Crippen LogP contribution is 2.22. The highest BCUT2D eigenvalue weighted by molar-refractivity contribution is 9.11. The Morgan fingerprint density at radius 3 is 2.80 bits per heavy atom. The average molecular weight is 287 g/mol. The molecule has 1 amide bonds. The third-order valence-electron chi connectivity index (χ3n) is 1.94. The van der Waals surface area contributed by atoms with E-state index in [1.807, 2.05) is 19.9 Å². The van der Waals surface area contributed by atoms with Crippen LogP contribution < -0.4 is 0 Å². The molecule has 0 fully saturated rings. The molecule has 0 bridgehead atoms. The van der Waals surface area contributed by atoms with Crippen molar-refractivity contribution >= 4 is 33.2 Å². The normalized spacial score (nSPS) is 10.1. The van der Waals surface area contributed by atoms with Gasteiger partial charge in [0.05, 0.1) is 15.4 Å². The zero-order valence-corrected chi connectivity index (χ0v) is 10.9. The molecule has 5 heteroatoms. The van der Waals surface area contributed by atoms with E-state index in [1.54, 1.807) is 16.3 Å². The van der Waals surface area contributed by atoms with Gasteiger partial charge >= 0.3 is 0 Å². The summed E-state index contributed by atoms with van der Waals surface area (Å²) in [7, 11) is 0. The summed E-state index contributed by atoms with van der Waals surface area (Å²) in [6.07, 6.45) is 0. The summed E-state index contributed by atoms with van der Waals surface area (Å²) in [5, 5.41) is 10.4. The lowest BCUT2D eigenvalue weighted by atomic mass is 10.2. The molecule has 0 saturated carbocycles. The van der Waals surface area contributed by atoms with E-state index in [9.17, 15) is 4.79 Å². The maximum absolute atomic E-state index is 12.0. The fourth-order valence-electron chi connectivity index (χ4n) is 1.15. The lowest BCUT2D eigenvalue weighted by molar-refractivity contribution is 0.0732. The number of carbonyl (C=O) groups is 1. The number of thiophene rings is 1. The van der Waals surface area contributed by atoms with E-state index >= 15 is 0 Å². The van der Waals surface area contributed by atoms with Gasteiger partial charge in [-0.1, -0.05) is 0 Å². The first-order valence-electron chi connectivity index (χ1n) is 4.48. The summed E-state index contributed by atoms with van der Waals surface area (Å²) < 4.78 is 0.923. The number of rotatable bonds is 3. The van der Waals surface area contributed by atoms with Crippen molar-refractivity contribution in [2.45, 2.75) is 19.9 Å². The molecular weight excluding hydrogens is 276 g/mol. The lowest BCUT2D eigenvalue weighted by Gasteiger charge is -2.23. The van der Waals surface area contributed by atoms with Gasteiger partial charge in [-0.2, -0.15) is 5.26 Å². The standard InChI is InChI=1S/C10H11BrN2OS/c1-7(2)13(4-3-12)10(14)8-5-9(11)15-6-8/h5-7H,4H2,1-2H3. The first-order chi connectivity index (χ1) is 7.06. The minimum atomic E-state index is -0.0894. The smallest absolute Gasteiger partial charge is 0.255 e. The third kappa shape index (κ3) is 3.05. The SMILES string of the molecule is CC(C)N(CC#N)C(=O)c1csc(Br)c1. The van der Waals surface area contributed by atoms with Gasteiger partial charge in [0.2, 0.25) is 0 Å². The molecule has 0 saturated heterocycles. The summed E-state index contributed by atoms with van der Waals surface area (Å²) in [5.41, 5.74) is 0.635. The molecule has 1 heterocycles. The van der Waals surface area contributed by atoms with Crippen molar-refractivity contribution in [3.05, 3.63) is 20.8 Å². The first kappa shape index (κ1) is 12.2.